The Kier molecular flexibility index (Phi) is 11.3. The van der Waals surface area contributed by atoms with Crippen molar-refractivity contribution in [3.8, 4) is 44.5 Å². The van der Waals surface area contributed by atoms with Crippen LogP contribution in [0.25, 0.3) is 44.5 Å². The third kappa shape index (κ3) is 7.83. The fourth-order valence-electron chi connectivity index (χ4n) is 6.91. The summed E-state index contributed by atoms with van der Waals surface area (Å²) in [5, 5.41) is 80.6. The lowest BCUT2D eigenvalue weighted by Crippen LogP contribution is -2.10. The molecule has 0 aromatic heterocycles. The molecule has 0 aliphatic rings. The van der Waals surface area contributed by atoms with Gasteiger partial charge in [0.05, 0.1) is 44.5 Å². The van der Waals surface area contributed by atoms with E-state index < -0.39 is 92.3 Å². The predicted molar refractivity (Wildman–Crippen MR) is 203 cm³/mol. The third-order valence-corrected chi connectivity index (χ3v) is 9.28. The molecule has 0 bridgehead atoms. The summed E-state index contributed by atoms with van der Waals surface area (Å²) in [6, 6.07) is 12.4. The highest BCUT2D eigenvalue weighted by Crippen LogP contribution is 2.50. The van der Waals surface area contributed by atoms with Gasteiger partial charge in [0.15, 0.2) is 0 Å². The Morgan fingerprint density at radius 1 is 0.293 bits per heavy atom. The molecule has 0 fully saturated rings. The Labute approximate surface area is 326 Å². The third-order valence-electron chi connectivity index (χ3n) is 9.28. The molecule has 0 aliphatic heterocycles. The Hall–Kier alpha value is -8.14. The smallest absolute Gasteiger partial charge is 0.335 e. The van der Waals surface area contributed by atoms with E-state index >= 15 is 0 Å². The van der Waals surface area contributed by atoms with Crippen molar-refractivity contribution in [1.82, 2.24) is 0 Å². The van der Waals surface area contributed by atoms with Gasteiger partial charge < -0.3 is 40.9 Å². The van der Waals surface area contributed by atoms with Crippen molar-refractivity contribution < 1.29 is 79.2 Å². The van der Waals surface area contributed by atoms with Gasteiger partial charge in [-0.05, 0) is 141 Å². The summed E-state index contributed by atoms with van der Waals surface area (Å²) < 4.78 is 0. The van der Waals surface area contributed by atoms with Crippen molar-refractivity contribution in [3.05, 3.63) is 128 Å². The largest absolute Gasteiger partial charge is 0.478 e. The average Bonchev–Trinajstić information content (AvgIpc) is 3.18. The summed E-state index contributed by atoms with van der Waals surface area (Å²) in [6.07, 6.45) is -0.244. The van der Waals surface area contributed by atoms with E-state index in [1.807, 2.05) is 0 Å². The van der Waals surface area contributed by atoms with Crippen LogP contribution in [0.3, 0.4) is 0 Å². The van der Waals surface area contributed by atoms with Gasteiger partial charge in [0.1, 0.15) is 0 Å². The van der Waals surface area contributed by atoms with Crippen LogP contribution in [0.4, 0.5) is 0 Å². The molecule has 16 nitrogen and oxygen atoms in total. The SMILES string of the molecule is CCc1c(-c2cc(C(=O)O)cc(C(=O)O)c2)c(-c2cc(C(=O)O)cc(C(=O)O)c2)c(CC)c(-c2cc(C(=O)O)cc(C(=O)O)c2)c1-c1cc(C(=O)O)cc(C(=O)O)c1. The monoisotopic (exact) mass is 790 g/mol. The Bertz CT molecular complexity index is 2180. The lowest BCUT2D eigenvalue weighted by molar-refractivity contribution is 0.0676. The first-order valence-corrected chi connectivity index (χ1v) is 17.0. The zero-order valence-corrected chi connectivity index (χ0v) is 30.2. The molecule has 0 heterocycles. The number of benzene rings is 5. The maximum atomic E-state index is 12.4. The van der Waals surface area contributed by atoms with E-state index in [4.69, 9.17) is 0 Å². The van der Waals surface area contributed by atoms with Gasteiger partial charge in [0, 0.05) is 0 Å². The highest BCUT2D eigenvalue weighted by Gasteiger charge is 2.30. The van der Waals surface area contributed by atoms with Crippen molar-refractivity contribution >= 4 is 47.8 Å². The summed E-state index contributed by atoms with van der Waals surface area (Å²) in [5.74, 6) is -12.4. The van der Waals surface area contributed by atoms with Gasteiger partial charge in [0.25, 0.3) is 0 Å². The number of carbonyl (C=O) groups is 8. The van der Waals surface area contributed by atoms with E-state index in [1.165, 1.54) is 0 Å². The van der Waals surface area contributed by atoms with E-state index in [0.717, 1.165) is 72.8 Å². The Balaban J connectivity index is 2.25. The predicted octanol–water partition coefficient (Wildman–Crippen LogP) is 7.07. The van der Waals surface area contributed by atoms with Crippen molar-refractivity contribution in [1.29, 1.82) is 0 Å². The fraction of sp³-hybridized carbons (Fsp3) is 0.0952. The van der Waals surface area contributed by atoms with Crippen LogP contribution >= 0.6 is 0 Å². The number of carboxylic acid groups (broad SMARTS) is 8. The maximum absolute atomic E-state index is 12.4. The molecule has 0 saturated carbocycles. The molecule has 0 radical (unpaired) electrons. The van der Waals surface area contributed by atoms with Crippen molar-refractivity contribution in [3.63, 3.8) is 0 Å². The van der Waals surface area contributed by atoms with Crippen LogP contribution in [0, 0.1) is 0 Å². The second-order valence-corrected chi connectivity index (χ2v) is 12.8. The zero-order valence-electron chi connectivity index (χ0n) is 30.2. The maximum Gasteiger partial charge on any atom is 0.335 e. The molecule has 5 aromatic carbocycles. The Morgan fingerprint density at radius 2 is 0.431 bits per heavy atom. The van der Waals surface area contributed by atoms with E-state index in [0.29, 0.717) is 0 Å². The minimum Gasteiger partial charge on any atom is -0.478 e. The van der Waals surface area contributed by atoms with Gasteiger partial charge in [-0.2, -0.15) is 0 Å². The van der Waals surface area contributed by atoms with E-state index in [2.05, 4.69) is 0 Å². The second kappa shape index (κ2) is 15.9. The molecule has 0 spiro atoms. The van der Waals surface area contributed by atoms with Crippen molar-refractivity contribution in [2.45, 2.75) is 26.7 Å². The minimum atomic E-state index is -1.55. The Morgan fingerprint density at radius 3 is 0.534 bits per heavy atom. The van der Waals surface area contributed by atoms with E-state index in [1.54, 1.807) is 13.8 Å². The molecular weight excluding hydrogens is 760 g/mol. The van der Waals surface area contributed by atoms with Gasteiger partial charge in [-0.15, -0.1) is 0 Å². The van der Waals surface area contributed by atoms with Gasteiger partial charge in [0.2, 0.25) is 0 Å². The van der Waals surface area contributed by atoms with Crippen LogP contribution < -0.4 is 0 Å². The molecule has 0 unspecified atom stereocenters. The quantitative estimate of drug-likeness (QED) is 0.0558. The van der Waals surface area contributed by atoms with Crippen LogP contribution in [-0.2, 0) is 12.8 Å². The minimum absolute atomic E-state index is 0.00646. The molecule has 0 saturated heterocycles. The van der Waals surface area contributed by atoms with Crippen LogP contribution in [0.15, 0.2) is 72.8 Å². The van der Waals surface area contributed by atoms with Gasteiger partial charge in [-0.1, -0.05) is 13.8 Å². The number of hydrogen-bond acceptors (Lipinski definition) is 8. The van der Waals surface area contributed by atoms with Crippen LogP contribution in [0.1, 0.15) is 108 Å². The topological polar surface area (TPSA) is 298 Å². The number of hydrogen-bond donors (Lipinski definition) is 8. The molecule has 0 aliphatic carbocycles. The van der Waals surface area contributed by atoms with Gasteiger partial charge in [-0.3, -0.25) is 0 Å². The van der Waals surface area contributed by atoms with Gasteiger partial charge in [-0.25, -0.2) is 38.4 Å². The molecule has 5 aromatic rings. The summed E-state index contributed by atoms with van der Waals surface area (Å²) in [6.45, 7) is 3.15. The standard InChI is InChI=1S/C42H30O16/c1-3-29-31(17-5-21(35(43)44)13-22(6-17)36(45)46)33(19-9-25(39(51)52)15-26(10-19)40(53)54)30(4-2)34(20-11-27(41(55)56)16-28(12-20)42(57)58)32(29)18-7-23(37(47)48)14-24(8-18)38(49)50/h5-16H,3-4H2,1-2H3,(H,43,44)(H,45,46)(H,47,48)(H,49,50)(H,51,52)(H,53,54)(H,55,56)(H,57,58). The second-order valence-electron chi connectivity index (χ2n) is 12.8. The van der Waals surface area contributed by atoms with E-state index in [-0.39, 0.29) is 68.5 Å². The molecule has 16 heteroatoms. The normalized spacial score (nSPS) is 10.8. The van der Waals surface area contributed by atoms with Crippen LogP contribution in [-0.4, -0.2) is 88.6 Å². The molecule has 0 amide bonds. The van der Waals surface area contributed by atoms with Crippen molar-refractivity contribution in [2.75, 3.05) is 0 Å². The zero-order chi connectivity index (χ0) is 42.9. The molecule has 8 N–H and O–H groups in total. The summed E-state index contributed by atoms with van der Waals surface area (Å²) >= 11 is 0. The number of rotatable bonds is 14. The highest BCUT2D eigenvalue weighted by atomic mass is 16.4. The summed E-state index contributed by atoms with van der Waals surface area (Å²) in [5.41, 5.74) is -4.37. The molecular formula is C42H30O16. The van der Waals surface area contributed by atoms with Crippen LogP contribution in [0.2, 0.25) is 0 Å². The molecule has 294 valence electrons. The molecule has 0 atom stereocenters. The average molecular weight is 791 g/mol. The fourth-order valence-corrected chi connectivity index (χ4v) is 6.91. The molecule has 5 rings (SSSR count). The van der Waals surface area contributed by atoms with E-state index in [9.17, 15) is 79.2 Å². The highest BCUT2D eigenvalue weighted by molar-refractivity contribution is 6.08. The molecule has 58 heavy (non-hydrogen) atoms. The van der Waals surface area contributed by atoms with Gasteiger partial charge >= 0.3 is 47.8 Å². The first-order valence-electron chi connectivity index (χ1n) is 17.0. The lowest BCUT2D eigenvalue weighted by atomic mass is 9.75. The number of carboxylic acids is 8. The van der Waals surface area contributed by atoms with Crippen LogP contribution in [0.5, 0.6) is 0 Å². The first kappa shape index (κ1) is 41.0. The summed E-state index contributed by atoms with van der Waals surface area (Å²) in [7, 11) is 0. The first-order chi connectivity index (χ1) is 27.3. The van der Waals surface area contributed by atoms with Crippen molar-refractivity contribution in [2.24, 2.45) is 0 Å². The number of aromatic carboxylic acids is 8. The summed E-state index contributed by atoms with van der Waals surface area (Å²) in [4.78, 5) is 99.2. The lowest BCUT2D eigenvalue weighted by Gasteiger charge is -2.28.